The summed E-state index contributed by atoms with van der Waals surface area (Å²) in [4.78, 5) is 96.2. The van der Waals surface area contributed by atoms with Crippen LogP contribution in [0.2, 0.25) is 0 Å². The van der Waals surface area contributed by atoms with E-state index in [9.17, 15) is 28.8 Å². The molecule has 0 aliphatic heterocycles. The number of hydrogen-bond acceptors (Lipinski definition) is 13. The van der Waals surface area contributed by atoms with E-state index in [0.29, 0.717) is 51.1 Å². The van der Waals surface area contributed by atoms with Crippen molar-refractivity contribution in [2.75, 3.05) is 20.0 Å². The molecule has 0 spiro atoms. The molecule has 0 amide bonds. The smallest absolute Gasteiger partial charge is 0.345 e. The van der Waals surface area contributed by atoms with Crippen molar-refractivity contribution in [3.63, 3.8) is 0 Å². The van der Waals surface area contributed by atoms with Crippen LogP contribution >= 0.6 is 15.9 Å². The molecule has 0 aliphatic carbocycles. The molecular weight excluding hydrogens is 1090 g/mol. The van der Waals surface area contributed by atoms with Gasteiger partial charge in [-0.25, -0.2) is 24.7 Å². The quantitative estimate of drug-likeness (QED) is 0.0248. The number of H-pyrrole nitrogens is 1. The molecule has 0 radical (unpaired) electrons. The van der Waals surface area contributed by atoms with Crippen LogP contribution in [0.4, 0.5) is 5.82 Å². The second kappa shape index (κ2) is 26.8. The van der Waals surface area contributed by atoms with Gasteiger partial charge in [0.05, 0.1) is 48.4 Å². The number of nitrogens with one attached hydrogen (secondary N) is 1. The van der Waals surface area contributed by atoms with Gasteiger partial charge in [-0.3, -0.25) is 24.0 Å². The number of aryl methyl sites for hydroxylation is 12. The van der Waals surface area contributed by atoms with Gasteiger partial charge in [-0.2, -0.15) is 0 Å². The number of aromatic amines is 1. The number of ether oxygens (including phenoxy) is 2. The first-order chi connectivity index (χ1) is 38.3. The van der Waals surface area contributed by atoms with E-state index in [-0.39, 0.29) is 39.1 Å². The highest BCUT2D eigenvalue weighted by molar-refractivity contribution is 9.10. The van der Waals surface area contributed by atoms with Crippen molar-refractivity contribution >= 4 is 67.1 Å². The number of carbonyl (C=O) groups excluding carboxylic acids is 4. The number of aromatic nitrogens is 6. The molecule has 0 bridgehead atoms. The Morgan fingerprint density at radius 3 is 1.60 bits per heavy atom. The molecule has 416 valence electrons. The molecule has 0 aliphatic rings. The number of nitrogens with zero attached hydrogens (tertiary/aromatic N) is 5. The van der Waals surface area contributed by atoms with Crippen molar-refractivity contribution in [2.24, 2.45) is 0 Å². The van der Waals surface area contributed by atoms with Crippen molar-refractivity contribution in [2.45, 2.75) is 89.6 Å². The number of benzene rings is 3. The van der Waals surface area contributed by atoms with Gasteiger partial charge in [0.2, 0.25) is 16.6 Å². The van der Waals surface area contributed by atoms with Crippen molar-refractivity contribution in [1.29, 1.82) is 0 Å². The largest absolute Gasteiger partial charge is 0.503 e. The number of ketones is 3. The Hall–Kier alpha value is -9.02. The summed E-state index contributed by atoms with van der Waals surface area (Å²) in [5, 5.41) is 0.885. The summed E-state index contributed by atoms with van der Waals surface area (Å²) in [6.45, 7) is 23.7. The fraction of sp³-hybridized carbons (Fsp3) is 0.231. The van der Waals surface area contributed by atoms with Crippen LogP contribution in [-0.4, -0.2) is 67.0 Å². The third-order valence-corrected chi connectivity index (χ3v) is 14.4. The number of nitrogen functional groups attached to an aromatic ring is 1. The van der Waals surface area contributed by atoms with Crippen molar-refractivity contribution in [1.82, 2.24) is 29.5 Å². The summed E-state index contributed by atoms with van der Waals surface area (Å²) in [6, 6.07) is 29.3. The number of halogens is 1. The highest BCUT2D eigenvalue weighted by Gasteiger charge is 2.23. The van der Waals surface area contributed by atoms with E-state index in [1.165, 1.54) is 26.0 Å². The number of hydrogen-bond donors (Lipinski definition) is 2. The second-order valence-electron chi connectivity index (χ2n) is 19.8. The number of esters is 1. The third kappa shape index (κ3) is 14.8. The molecule has 15 nitrogen and oxygen atoms in total. The first-order valence-corrected chi connectivity index (χ1v) is 26.6. The molecule has 6 aromatic heterocycles. The van der Waals surface area contributed by atoms with Crippen LogP contribution in [0.15, 0.2) is 135 Å². The average molecular weight is 1150 g/mol. The SMILES string of the molecule is COC=C(C(=O)OC)C(=O)c1ccc(C)c(C)c1.Cc1ccc(C(=O)c2c[nH]c3nc(C)c(C)cc3c2=O)cc1C.Cc1ccc(C(=O)c2cn(Cc3cccc(Br)n3)c3nc(C)c(C)cc3c2=O)cc1C.Cc1ccc(N)nc1C. The van der Waals surface area contributed by atoms with Crippen LogP contribution in [0.3, 0.4) is 0 Å². The van der Waals surface area contributed by atoms with Crippen LogP contribution in [0.1, 0.15) is 115 Å². The minimum Gasteiger partial charge on any atom is -0.503 e. The summed E-state index contributed by atoms with van der Waals surface area (Å²) in [6.07, 6.45) is 4.18. The number of pyridine rings is 6. The lowest BCUT2D eigenvalue weighted by atomic mass is 9.99. The van der Waals surface area contributed by atoms with Crippen LogP contribution in [0.5, 0.6) is 0 Å². The molecule has 81 heavy (non-hydrogen) atoms. The molecule has 0 saturated carbocycles. The molecular formula is C65H66BrN7O8. The molecule has 16 heteroatoms. The fourth-order valence-corrected chi connectivity index (χ4v) is 8.57. The lowest BCUT2D eigenvalue weighted by molar-refractivity contribution is -0.135. The minimum absolute atomic E-state index is 0.122. The van der Waals surface area contributed by atoms with Gasteiger partial charge in [0, 0.05) is 46.2 Å². The Kier molecular flexibility index (Phi) is 20.2. The Bertz CT molecular complexity index is 4080. The van der Waals surface area contributed by atoms with Gasteiger partial charge in [-0.1, -0.05) is 48.5 Å². The molecule has 0 fully saturated rings. The Morgan fingerprint density at radius 1 is 0.568 bits per heavy atom. The Balaban J connectivity index is 0.000000187. The van der Waals surface area contributed by atoms with E-state index in [0.717, 1.165) is 78.1 Å². The summed E-state index contributed by atoms with van der Waals surface area (Å²) in [5.74, 6) is -1.08. The molecule has 3 aromatic carbocycles. The number of methoxy groups -OCH3 is 2. The van der Waals surface area contributed by atoms with Crippen LogP contribution < -0.4 is 16.6 Å². The highest BCUT2D eigenvalue weighted by atomic mass is 79.9. The maximum Gasteiger partial charge on any atom is 0.345 e. The van der Waals surface area contributed by atoms with Crippen LogP contribution in [0.25, 0.3) is 22.1 Å². The van der Waals surface area contributed by atoms with Gasteiger partial charge in [0.15, 0.2) is 11.6 Å². The van der Waals surface area contributed by atoms with Gasteiger partial charge >= 0.3 is 5.97 Å². The Morgan fingerprint density at radius 2 is 1.07 bits per heavy atom. The lowest BCUT2D eigenvalue weighted by Gasteiger charge is -2.14. The zero-order chi connectivity index (χ0) is 59.6. The second-order valence-corrected chi connectivity index (χ2v) is 20.6. The topological polar surface area (TPSA) is 219 Å². The molecule has 9 aromatic rings. The zero-order valence-electron chi connectivity index (χ0n) is 48.1. The zero-order valence-corrected chi connectivity index (χ0v) is 49.7. The summed E-state index contributed by atoms with van der Waals surface area (Å²) in [7, 11) is 2.59. The predicted octanol–water partition coefficient (Wildman–Crippen LogP) is 11.9. The normalized spacial score (nSPS) is 10.9. The number of Topliss-reactive ketones (excluding diaryl/α,β-unsaturated/α-hetero) is 1. The lowest BCUT2D eigenvalue weighted by Crippen LogP contribution is -2.21. The van der Waals surface area contributed by atoms with Crippen molar-refractivity contribution < 1.29 is 28.7 Å². The van der Waals surface area contributed by atoms with E-state index < -0.39 is 11.8 Å². The highest BCUT2D eigenvalue weighted by Crippen LogP contribution is 2.21. The van der Waals surface area contributed by atoms with E-state index in [1.807, 2.05) is 154 Å². The van der Waals surface area contributed by atoms with Gasteiger partial charge in [0.1, 0.15) is 33.6 Å². The molecule has 3 N–H and O–H groups in total. The van der Waals surface area contributed by atoms with E-state index >= 15 is 0 Å². The number of anilines is 1. The molecule has 6 heterocycles. The van der Waals surface area contributed by atoms with E-state index in [2.05, 4.69) is 45.6 Å². The standard InChI is InChI=1S/C25H22BrN3O2.C19H18N2O2.C14H16O4.C7H10N2/c1-14-8-9-18(10-15(14)2)23(30)21-13-29(12-19-6-5-7-22(26)28-19)25-20(24(21)31)11-16(3)17(4)27-25;1-10-5-6-14(7-11(10)2)17(22)16-9-20-19-15(18(16)23)8-12(3)13(4)21-19;1-9-5-6-11(7-10(9)2)13(15)12(8-17-3)14(16)18-4;1-5-3-4-7(8)9-6(5)2/h5-11,13H,12H2,1-4H3;5-9H,1-4H3,(H,20,21,23);5-8H,1-4H3;3-4H,1-2H3,(H2,8,9). The Labute approximate surface area is 479 Å². The van der Waals surface area contributed by atoms with E-state index in [4.69, 9.17) is 10.5 Å². The number of carbonyl (C=O) groups is 4. The van der Waals surface area contributed by atoms with Crippen molar-refractivity contribution in [3.8, 4) is 0 Å². The van der Waals surface area contributed by atoms with Gasteiger partial charge in [0.25, 0.3) is 0 Å². The summed E-state index contributed by atoms with van der Waals surface area (Å²) >= 11 is 3.40. The molecule has 9 rings (SSSR count). The molecule has 0 unspecified atom stereocenters. The third-order valence-electron chi connectivity index (χ3n) is 14.0. The van der Waals surface area contributed by atoms with Crippen LogP contribution in [-0.2, 0) is 20.8 Å². The molecule has 0 atom stereocenters. The first-order valence-electron chi connectivity index (χ1n) is 25.8. The number of fused-ring (bicyclic) bond motifs is 2. The first kappa shape index (κ1) is 61.2. The minimum atomic E-state index is -0.708. The average Bonchev–Trinajstić information content (AvgIpc) is 3.62. The van der Waals surface area contributed by atoms with Gasteiger partial charge in [-0.15, -0.1) is 0 Å². The monoisotopic (exact) mass is 1150 g/mol. The summed E-state index contributed by atoms with van der Waals surface area (Å²) in [5.41, 5.74) is 20.4. The maximum absolute atomic E-state index is 13.3. The summed E-state index contributed by atoms with van der Waals surface area (Å²) < 4.78 is 11.9. The maximum atomic E-state index is 13.3. The van der Waals surface area contributed by atoms with Gasteiger partial charge in [-0.05, 0) is 198 Å². The number of rotatable bonds is 10. The molecule has 0 saturated heterocycles. The van der Waals surface area contributed by atoms with Gasteiger partial charge < -0.3 is 24.8 Å². The number of nitrogens with two attached hydrogens (primary N) is 1. The van der Waals surface area contributed by atoms with Crippen molar-refractivity contribution in [3.05, 3.63) is 247 Å². The fourth-order valence-electron chi connectivity index (χ4n) is 8.19. The van der Waals surface area contributed by atoms with Crippen LogP contribution in [0, 0.1) is 83.1 Å². The predicted molar refractivity (Wildman–Crippen MR) is 323 cm³/mol. The van der Waals surface area contributed by atoms with E-state index in [1.54, 1.807) is 36.5 Å².